The van der Waals surface area contributed by atoms with Gasteiger partial charge in [-0.3, -0.25) is 4.21 Å². The van der Waals surface area contributed by atoms with Crippen LogP contribution in [0.3, 0.4) is 0 Å². The fourth-order valence-electron chi connectivity index (χ4n) is 1.88. The molecule has 2 unspecified atom stereocenters. The minimum Gasteiger partial charge on any atom is -0.313 e. The Morgan fingerprint density at radius 2 is 2.21 bits per heavy atom. The minimum absolute atomic E-state index is 0.606. The largest absolute Gasteiger partial charge is 0.313 e. The molecule has 1 N–H and O–H groups in total. The van der Waals surface area contributed by atoms with E-state index in [1.54, 1.807) is 0 Å². The molecular formula is C11H23NOS. The highest BCUT2D eigenvalue weighted by molar-refractivity contribution is 7.84. The first-order valence-corrected chi connectivity index (χ1v) is 7.29. The summed E-state index contributed by atoms with van der Waals surface area (Å²) in [6.07, 6.45) is 5.58. The van der Waals surface area contributed by atoms with Crippen molar-refractivity contribution in [3.05, 3.63) is 0 Å². The van der Waals surface area contributed by atoms with Crippen molar-refractivity contribution in [1.82, 2.24) is 5.32 Å². The van der Waals surface area contributed by atoms with E-state index in [0.717, 1.165) is 24.0 Å². The molecule has 2 atom stereocenters. The Morgan fingerprint density at radius 1 is 1.50 bits per heavy atom. The first-order valence-electron chi connectivity index (χ1n) is 5.80. The van der Waals surface area contributed by atoms with Crippen LogP contribution in [0.5, 0.6) is 0 Å². The first kappa shape index (κ1) is 12.2. The van der Waals surface area contributed by atoms with Crippen LogP contribution < -0.4 is 5.32 Å². The second kappa shape index (κ2) is 6.57. The Bertz CT molecular complexity index is 180. The van der Waals surface area contributed by atoms with Gasteiger partial charge in [0.2, 0.25) is 0 Å². The maximum absolute atomic E-state index is 11.2. The van der Waals surface area contributed by atoms with Crippen molar-refractivity contribution in [1.29, 1.82) is 0 Å². The van der Waals surface area contributed by atoms with Gasteiger partial charge in [0.25, 0.3) is 0 Å². The van der Waals surface area contributed by atoms with Gasteiger partial charge in [0.15, 0.2) is 0 Å². The van der Waals surface area contributed by atoms with Crippen molar-refractivity contribution in [2.24, 2.45) is 5.92 Å². The Labute approximate surface area is 90.3 Å². The molecule has 0 amide bonds. The van der Waals surface area contributed by atoms with Gasteiger partial charge >= 0.3 is 0 Å². The quantitative estimate of drug-likeness (QED) is 0.706. The molecule has 0 aromatic heterocycles. The highest BCUT2D eigenvalue weighted by atomic mass is 32.2. The number of nitrogens with one attached hydrogen (secondary N) is 1. The predicted molar refractivity (Wildman–Crippen MR) is 63.0 cm³/mol. The van der Waals surface area contributed by atoms with Crippen LogP contribution in [0, 0.1) is 5.92 Å². The molecule has 0 bridgehead atoms. The van der Waals surface area contributed by atoms with Crippen molar-refractivity contribution < 1.29 is 4.21 Å². The van der Waals surface area contributed by atoms with E-state index in [0.29, 0.717) is 6.04 Å². The molecule has 2 nitrogen and oxygen atoms in total. The molecule has 0 aromatic rings. The van der Waals surface area contributed by atoms with Crippen LogP contribution in [-0.4, -0.2) is 28.3 Å². The molecule has 0 saturated heterocycles. The number of hydrogen-bond donors (Lipinski definition) is 1. The minimum atomic E-state index is -0.606. The van der Waals surface area contributed by atoms with Gasteiger partial charge in [-0.25, -0.2) is 0 Å². The van der Waals surface area contributed by atoms with Gasteiger partial charge in [0, 0.05) is 34.9 Å². The molecule has 0 heterocycles. The fraction of sp³-hybridized carbons (Fsp3) is 1.00. The lowest BCUT2D eigenvalue weighted by molar-refractivity contribution is 0.267. The van der Waals surface area contributed by atoms with Crippen LogP contribution in [0.25, 0.3) is 0 Å². The maximum atomic E-state index is 11.2. The Hall–Kier alpha value is 0.110. The molecule has 84 valence electrons. The third kappa shape index (κ3) is 4.56. The molecule has 1 aliphatic carbocycles. The summed E-state index contributed by atoms with van der Waals surface area (Å²) in [7, 11) is -0.606. The Balaban J connectivity index is 1.96. The van der Waals surface area contributed by atoms with E-state index in [1.165, 1.54) is 25.7 Å². The van der Waals surface area contributed by atoms with Crippen LogP contribution in [0.2, 0.25) is 0 Å². The van der Waals surface area contributed by atoms with Gasteiger partial charge in [-0.2, -0.15) is 0 Å². The van der Waals surface area contributed by atoms with E-state index in [2.05, 4.69) is 12.2 Å². The zero-order chi connectivity index (χ0) is 10.4. The van der Waals surface area contributed by atoms with Gasteiger partial charge in [0.05, 0.1) is 0 Å². The van der Waals surface area contributed by atoms with Crippen LogP contribution in [0.15, 0.2) is 0 Å². The molecule has 3 heteroatoms. The summed E-state index contributed by atoms with van der Waals surface area (Å²) in [6, 6.07) is 0.606. The highest BCUT2D eigenvalue weighted by Crippen LogP contribution is 2.30. The molecule has 1 aliphatic rings. The zero-order valence-corrected chi connectivity index (χ0v) is 10.2. The van der Waals surface area contributed by atoms with E-state index in [-0.39, 0.29) is 0 Å². The smallest absolute Gasteiger partial charge is 0.0360 e. The molecule has 1 rings (SSSR count). The van der Waals surface area contributed by atoms with Gasteiger partial charge in [-0.15, -0.1) is 0 Å². The fourth-order valence-corrected chi connectivity index (χ4v) is 2.51. The first-order chi connectivity index (χ1) is 6.72. The summed E-state index contributed by atoms with van der Waals surface area (Å²) >= 11 is 0. The van der Waals surface area contributed by atoms with Crippen LogP contribution in [0.4, 0.5) is 0 Å². The summed E-state index contributed by atoms with van der Waals surface area (Å²) in [4.78, 5) is 0. The van der Waals surface area contributed by atoms with Crippen molar-refractivity contribution >= 4 is 10.8 Å². The summed E-state index contributed by atoms with van der Waals surface area (Å²) in [6.45, 7) is 5.13. The van der Waals surface area contributed by atoms with Crippen LogP contribution in [0.1, 0.15) is 39.5 Å². The maximum Gasteiger partial charge on any atom is 0.0360 e. The molecule has 0 aromatic carbocycles. The van der Waals surface area contributed by atoms with E-state index in [1.807, 2.05) is 6.92 Å². The standard InChI is InChI=1S/C11H23NOS/c1-3-14(13)8-7-12-10(2)9-11-5-4-6-11/h10-12H,3-9H2,1-2H3. The molecule has 0 spiro atoms. The molecule has 0 radical (unpaired) electrons. The normalized spacial score (nSPS) is 21.6. The zero-order valence-electron chi connectivity index (χ0n) is 9.42. The van der Waals surface area contributed by atoms with Gasteiger partial charge < -0.3 is 5.32 Å². The Kier molecular flexibility index (Phi) is 5.71. The van der Waals surface area contributed by atoms with E-state index >= 15 is 0 Å². The summed E-state index contributed by atoms with van der Waals surface area (Å²) in [5, 5.41) is 3.45. The average Bonchev–Trinajstić information content (AvgIpc) is 2.11. The van der Waals surface area contributed by atoms with Crippen molar-refractivity contribution in [2.75, 3.05) is 18.1 Å². The Morgan fingerprint density at radius 3 is 2.71 bits per heavy atom. The lowest BCUT2D eigenvalue weighted by Gasteiger charge is -2.28. The van der Waals surface area contributed by atoms with Crippen LogP contribution >= 0.6 is 0 Å². The topological polar surface area (TPSA) is 29.1 Å². The van der Waals surface area contributed by atoms with Gasteiger partial charge in [-0.05, 0) is 19.3 Å². The average molecular weight is 217 g/mol. The van der Waals surface area contributed by atoms with E-state index < -0.39 is 10.8 Å². The second-order valence-electron chi connectivity index (χ2n) is 4.32. The molecule has 1 saturated carbocycles. The van der Waals surface area contributed by atoms with E-state index in [9.17, 15) is 4.21 Å². The van der Waals surface area contributed by atoms with Crippen molar-refractivity contribution in [3.8, 4) is 0 Å². The lowest BCUT2D eigenvalue weighted by Crippen LogP contribution is -2.33. The SMILES string of the molecule is CCS(=O)CCNC(C)CC1CCC1. The number of hydrogen-bond acceptors (Lipinski definition) is 2. The van der Waals surface area contributed by atoms with Crippen molar-refractivity contribution in [3.63, 3.8) is 0 Å². The van der Waals surface area contributed by atoms with E-state index in [4.69, 9.17) is 0 Å². The predicted octanol–water partition coefficient (Wildman–Crippen LogP) is 1.92. The van der Waals surface area contributed by atoms with Crippen molar-refractivity contribution in [2.45, 2.75) is 45.6 Å². The van der Waals surface area contributed by atoms with Gasteiger partial charge in [-0.1, -0.05) is 26.2 Å². The lowest BCUT2D eigenvalue weighted by atomic mass is 9.81. The molecule has 0 aliphatic heterocycles. The second-order valence-corrected chi connectivity index (χ2v) is 6.19. The van der Waals surface area contributed by atoms with Gasteiger partial charge in [0.1, 0.15) is 0 Å². The summed E-state index contributed by atoms with van der Waals surface area (Å²) < 4.78 is 11.2. The molecular weight excluding hydrogens is 194 g/mol. The third-order valence-corrected chi connectivity index (χ3v) is 4.36. The monoisotopic (exact) mass is 217 g/mol. The molecule has 1 fully saturated rings. The summed E-state index contributed by atoms with van der Waals surface area (Å²) in [5.74, 6) is 2.57. The highest BCUT2D eigenvalue weighted by Gasteiger charge is 2.19. The third-order valence-electron chi connectivity index (χ3n) is 3.06. The van der Waals surface area contributed by atoms with Crippen LogP contribution in [-0.2, 0) is 10.8 Å². The summed E-state index contributed by atoms with van der Waals surface area (Å²) in [5.41, 5.74) is 0. The number of rotatable bonds is 7. The molecule has 14 heavy (non-hydrogen) atoms.